The van der Waals surface area contributed by atoms with E-state index in [9.17, 15) is 4.79 Å². The van der Waals surface area contributed by atoms with Crippen molar-refractivity contribution in [2.45, 2.75) is 32.6 Å². The second-order valence-corrected chi connectivity index (χ2v) is 5.31. The van der Waals surface area contributed by atoms with Crippen molar-refractivity contribution in [3.05, 3.63) is 17.5 Å². The number of amides is 1. The van der Waals surface area contributed by atoms with Gasteiger partial charge in [0.15, 0.2) is 0 Å². The number of hydrogen-bond acceptors (Lipinski definition) is 5. The molecule has 1 saturated heterocycles. The Morgan fingerprint density at radius 2 is 2.10 bits per heavy atom. The van der Waals surface area contributed by atoms with E-state index in [1.54, 1.807) is 6.07 Å². The van der Waals surface area contributed by atoms with Gasteiger partial charge in [0.05, 0.1) is 6.61 Å². The zero-order valence-corrected chi connectivity index (χ0v) is 12.1. The molecule has 0 saturated carbocycles. The summed E-state index contributed by atoms with van der Waals surface area (Å²) < 4.78 is 0. The molecule has 1 aromatic rings. The van der Waals surface area contributed by atoms with E-state index in [-0.39, 0.29) is 25.0 Å². The number of carbonyl (C=O) groups is 1. The van der Waals surface area contributed by atoms with Gasteiger partial charge in [0.2, 0.25) is 5.95 Å². The van der Waals surface area contributed by atoms with Gasteiger partial charge < -0.3 is 15.3 Å². The molecule has 0 radical (unpaired) electrons. The molecule has 6 heteroatoms. The fraction of sp³-hybridized carbons (Fsp3) is 0.643. The second-order valence-electron chi connectivity index (χ2n) is 5.31. The minimum Gasteiger partial charge on any atom is -0.395 e. The molecule has 1 fully saturated rings. The average Bonchev–Trinajstić information content (AvgIpc) is 2.98. The number of carbonyl (C=O) groups excluding carboxylic acids is 1. The predicted octanol–water partition coefficient (Wildman–Crippen LogP) is 0.922. The Hall–Kier alpha value is -1.69. The van der Waals surface area contributed by atoms with Crippen LogP contribution in [0.3, 0.4) is 0 Å². The molecule has 6 nitrogen and oxygen atoms in total. The number of nitrogens with one attached hydrogen (secondary N) is 1. The van der Waals surface area contributed by atoms with Crippen LogP contribution in [-0.4, -0.2) is 47.2 Å². The van der Waals surface area contributed by atoms with Gasteiger partial charge in [0, 0.05) is 25.3 Å². The van der Waals surface area contributed by atoms with Crippen molar-refractivity contribution in [2.75, 3.05) is 31.1 Å². The van der Waals surface area contributed by atoms with E-state index in [4.69, 9.17) is 5.11 Å². The van der Waals surface area contributed by atoms with E-state index in [0.717, 1.165) is 31.6 Å². The van der Waals surface area contributed by atoms with Gasteiger partial charge in [-0.2, -0.15) is 0 Å². The highest BCUT2D eigenvalue weighted by Gasteiger charge is 2.19. The molecule has 2 rings (SSSR count). The molecule has 0 spiro atoms. The molecule has 1 aromatic heterocycles. The lowest BCUT2D eigenvalue weighted by atomic mass is 10.1. The van der Waals surface area contributed by atoms with E-state index < -0.39 is 0 Å². The zero-order chi connectivity index (χ0) is 14.5. The van der Waals surface area contributed by atoms with Gasteiger partial charge in [0.25, 0.3) is 5.91 Å². The van der Waals surface area contributed by atoms with Crippen molar-refractivity contribution >= 4 is 11.9 Å². The summed E-state index contributed by atoms with van der Waals surface area (Å²) >= 11 is 0. The van der Waals surface area contributed by atoms with Crippen LogP contribution in [0.4, 0.5) is 5.95 Å². The van der Waals surface area contributed by atoms with Crippen molar-refractivity contribution in [1.82, 2.24) is 15.3 Å². The van der Waals surface area contributed by atoms with Crippen molar-refractivity contribution in [1.29, 1.82) is 0 Å². The maximum absolute atomic E-state index is 12.0. The number of nitrogens with zero attached hydrogens (tertiary/aromatic N) is 3. The number of anilines is 1. The summed E-state index contributed by atoms with van der Waals surface area (Å²) in [6.07, 6.45) is 2.28. The molecule has 1 amide bonds. The lowest BCUT2D eigenvalue weighted by Gasteiger charge is -2.18. The van der Waals surface area contributed by atoms with Crippen LogP contribution in [0.1, 0.15) is 48.8 Å². The van der Waals surface area contributed by atoms with E-state index in [1.165, 1.54) is 0 Å². The monoisotopic (exact) mass is 278 g/mol. The summed E-state index contributed by atoms with van der Waals surface area (Å²) in [7, 11) is 0. The molecular formula is C14H22N4O2. The Labute approximate surface area is 119 Å². The summed E-state index contributed by atoms with van der Waals surface area (Å²) in [5.41, 5.74) is 1.25. The van der Waals surface area contributed by atoms with Crippen LogP contribution in [0.25, 0.3) is 0 Å². The topological polar surface area (TPSA) is 78.3 Å². The number of aliphatic hydroxyl groups is 1. The molecule has 0 atom stereocenters. The fourth-order valence-corrected chi connectivity index (χ4v) is 2.18. The first-order valence-electron chi connectivity index (χ1n) is 7.15. The third-order valence-electron chi connectivity index (χ3n) is 3.34. The zero-order valence-electron chi connectivity index (χ0n) is 12.1. The molecule has 1 aliphatic rings. The number of aromatic nitrogens is 2. The van der Waals surface area contributed by atoms with E-state index in [0.29, 0.717) is 11.6 Å². The molecule has 1 aliphatic heterocycles. The average molecular weight is 278 g/mol. The van der Waals surface area contributed by atoms with Gasteiger partial charge >= 0.3 is 0 Å². The van der Waals surface area contributed by atoms with Crippen LogP contribution in [0.5, 0.6) is 0 Å². The van der Waals surface area contributed by atoms with Gasteiger partial charge in [-0.05, 0) is 24.8 Å². The van der Waals surface area contributed by atoms with Crippen molar-refractivity contribution in [3.8, 4) is 0 Å². The summed E-state index contributed by atoms with van der Waals surface area (Å²) in [4.78, 5) is 23.1. The van der Waals surface area contributed by atoms with Gasteiger partial charge in [0.1, 0.15) is 5.69 Å². The third kappa shape index (κ3) is 3.45. The Bertz CT molecular complexity index is 470. The first-order valence-corrected chi connectivity index (χ1v) is 7.15. The Morgan fingerprint density at radius 1 is 1.40 bits per heavy atom. The van der Waals surface area contributed by atoms with Crippen LogP contribution in [0.2, 0.25) is 0 Å². The summed E-state index contributed by atoms with van der Waals surface area (Å²) in [5.74, 6) is 0.621. The SMILES string of the molecule is CC(C)c1cc(C(=O)NCCO)nc(N2CCCC2)n1. The van der Waals surface area contributed by atoms with Crippen LogP contribution in [0.15, 0.2) is 6.07 Å². The molecule has 2 heterocycles. The lowest BCUT2D eigenvalue weighted by Crippen LogP contribution is -2.29. The van der Waals surface area contributed by atoms with Crippen LogP contribution in [-0.2, 0) is 0 Å². The largest absolute Gasteiger partial charge is 0.395 e. The van der Waals surface area contributed by atoms with Crippen LogP contribution < -0.4 is 10.2 Å². The highest BCUT2D eigenvalue weighted by Crippen LogP contribution is 2.20. The third-order valence-corrected chi connectivity index (χ3v) is 3.34. The standard InChI is InChI=1S/C14H22N4O2/c1-10(2)11-9-12(13(20)15-5-8-19)17-14(16-11)18-6-3-4-7-18/h9-10,19H,3-8H2,1-2H3,(H,15,20). The minimum absolute atomic E-state index is 0.0765. The van der Waals surface area contributed by atoms with E-state index >= 15 is 0 Å². The Kier molecular flexibility index (Phi) is 4.89. The van der Waals surface area contributed by atoms with Crippen molar-refractivity contribution in [2.24, 2.45) is 0 Å². The molecular weight excluding hydrogens is 256 g/mol. The van der Waals surface area contributed by atoms with E-state index in [1.807, 2.05) is 13.8 Å². The number of hydrogen-bond donors (Lipinski definition) is 2. The van der Waals surface area contributed by atoms with Gasteiger partial charge in [-0.15, -0.1) is 0 Å². The van der Waals surface area contributed by atoms with Crippen LogP contribution in [0, 0.1) is 0 Å². The molecule has 2 N–H and O–H groups in total. The highest BCUT2D eigenvalue weighted by atomic mass is 16.3. The Morgan fingerprint density at radius 3 is 2.70 bits per heavy atom. The maximum Gasteiger partial charge on any atom is 0.270 e. The minimum atomic E-state index is -0.260. The van der Waals surface area contributed by atoms with Crippen LogP contribution >= 0.6 is 0 Å². The molecule has 20 heavy (non-hydrogen) atoms. The first kappa shape index (κ1) is 14.7. The van der Waals surface area contributed by atoms with Gasteiger partial charge in [-0.3, -0.25) is 4.79 Å². The maximum atomic E-state index is 12.0. The molecule has 0 unspecified atom stereocenters. The first-order chi connectivity index (χ1) is 9.61. The smallest absolute Gasteiger partial charge is 0.270 e. The summed E-state index contributed by atoms with van der Waals surface area (Å²) in [6.45, 7) is 6.14. The van der Waals surface area contributed by atoms with Crippen molar-refractivity contribution < 1.29 is 9.90 Å². The Balaban J connectivity index is 2.28. The van der Waals surface area contributed by atoms with Gasteiger partial charge in [-0.25, -0.2) is 9.97 Å². The normalized spacial score (nSPS) is 14.9. The highest BCUT2D eigenvalue weighted by molar-refractivity contribution is 5.92. The number of aliphatic hydroxyl groups excluding tert-OH is 1. The second kappa shape index (κ2) is 6.65. The molecule has 0 aliphatic carbocycles. The van der Waals surface area contributed by atoms with Crippen molar-refractivity contribution in [3.63, 3.8) is 0 Å². The molecule has 0 bridgehead atoms. The van der Waals surface area contributed by atoms with Gasteiger partial charge in [-0.1, -0.05) is 13.8 Å². The summed E-state index contributed by atoms with van der Waals surface area (Å²) in [5, 5.41) is 11.4. The fourth-order valence-electron chi connectivity index (χ4n) is 2.18. The lowest BCUT2D eigenvalue weighted by molar-refractivity contribution is 0.0939. The molecule has 0 aromatic carbocycles. The number of rotatable bonds is 5. The quantitative estimate of drug-likeness (QED) is 0.837. The van der Waals surface area contributed by atoms with E-state index in [2.05, 4.69) is 20.2 Å². The summed E-state index contributed by atoms with van der Waals surface area (Å²) in [6, 6.07) is 1.73. The predicted molar refractivity (Wildman–Crippen MR) is 77.0 cm³/mol. The molecule has 110 valence electrons.